The van der Waals surface area contributed by atoms with Crippen molar-refractivity contribution in [2.75, 3.05) is 14.2 Å². The number of carbonyl (C=O) groups is 4. The molecular formula is C32H31Br2Cl2I2N3O9. The maximum atomic E-state index is 14.4. The minimum atomic E-state index is -1.59. The van der Waals surface area contributed by atoms with Gasteiger partial charge in [0.1, 0.15) is 35.2 Å². The summed E-state index contributed by atoms with van der Waals surface area (Å²) in [6.45, 7) is 4.93. The number of esters is 1. The summed E-state index contributed by atoms with van der Waals surface area (Å²) in [6, 6.07) is 4.27. The van der Waals surface area contributed by atoms with Gasteiger partial charge < -0.3 is 40.3 Å². The summed E-state index contributed by atoms with van der Waals surface area (Å²) in [6.07, 6.45) is -1.01. The lowest BCUT2D eigenvalue weighted by Crippen LogP contribution is -2.51. The maximum absolute atomic E-state index is 14.4. The highest BCUT2D eigenvalue weighted by Crippen LogP contribution is 2.37. The second kappa shape index (κ2) is 17.5. The van der Waals surface area contributed by atoms with Gasteiger partial charge in [-0.2, -0.15) is 0 Å². The minimum Gasteiger partial charge on any atom is -0.506 e. The summed E-state index contributed by atoms with van der Waals surface area (Å²) >= 11 is 22.7. The molecular weight excluding hydrogens is 1050 g/mol. The number of aromatic hydroxyl groups is 3. The minimum absolute atomic E-state index is 0.0315. The molecule has 0 saturated carbocycles. The second-order valence-electron chi connectivity index (χ2n) is 11.8. The fourth-order valence-electron chi connectivity index (χ4n) is 4.57. The van der Waals surface area contributed by atoms with Gasteiger partial charge in [-0.3, -0.25) is 9.59 Å². The first-order valence-electron chi connectivity index (χ1n) is 14.3. The van der Waals surface area contributed by atoms with E-state index in [0.717, 1.165) is 12.0 Å². The molecule has 0 fully saturated rings. The highest BCUT2D eigenvalue weighted by Gasteiger charge is 2.37. The van der Waals surface area contributed by atoms with E-state index >= 15 is 0 Å². The van der Waals surface area contributed by atoms with Crippen LogP contribution in [0.15, 0.2) is 45.3 Å². The summed E-state index contributed by atoms with van der Waals surface area (Å²) in [7, 11) is 2.49. The number of carbonyl (C=O) groups excluding carboxylic acids is 4. The topological polar surface area (TPSA) is 175 Å². The molecule has 3 atom stereocenters. The van der Waals surface area contributed by atoms with Crippen molar-refractivity contribution in [3.05, 3.63) is 79.2 Å². The maximum Gasteiger partial charge on any atom is 0.408 e. The first-order chi connectivity index (χ1) is 23.1. The van der Waals surface area contributed by atoms with Crippen LogP contribution < -0.4 is 10.6 Å². The highest BCUT2D eigenvalue weighted by molar-refractivity contribution is 14.1. The Morgan fingerprint density at radius 1 is 0.840 bits per heavy atom. The third-order valence-corrected chi connectivity index (χ3v) is 10.4. The molecule has 5 N–H and O–H groups in total. The average Bonchev–Trinajstić information content (AvgIpc) is 3.02. The summed E-state index contributed by atoms with van der Waals surface area (Å²) in [4.78, 5) is 55.8. The Bertz CT molecular complexity index is 1760. The third-order valence-electron chi connectivity index (χ3n) is 7.00. The molecule has 0 radical (unpaired) electrons. The van der Waals surface area contributed by atoms with E-state index < -0.39 is 53.4 Å². The van der Waals surface area contributed by atoms with E-state index in [1.165, 1.54) is 31.3 Å². The molecule has 3 aromatic carbocycles. The summed E-state index contributed by atoms with van der Waals surface area (Å²) in [5.74, 6) is -3.06. The van der Waals surface area contributed by atoms with Gasteiger partial charge in [-0.05, 0) is 151 Å². The van der Waals surface area contributed by atoms with Gasteiger partial charge in [-0.25, -0.2) is 9.59 Å². The van der Waals surface area contributed by atoms with Gasteiger partial charge in [0.15, 0.2) is 5.75 Å². The Balaban J connectivity index is 2.13. The fourth-order valence-corrected chi connectivity index (χ4v) is 8.17. The van der Waals surface area contributed by atoms with Crippen molar-refractivity contribution in [2.45, 2.75) is 50.9 Å². The van der Waals surface area contributed by atoms with E-state index in [9.17, 15) is 34.5 Å². The SMILES string of the molecule is COC(=O)[C@H](Cc1cc(Br)c(O)c(Br)c1)N(C)C(=O)[C@H](NC(=O)[C@H](NC(=O)OC(C)(C)C)c1cc(I)c(O)c(I)c1)c1cc(Cl)c(O)c(Cl)c1. The zero-order valence-electron chi connectivity index (χ0n) is 26.9. The van der Waals surface area contributed by atoms with Crippen LogP contribution in [0.1, 0.15) is 49.5 Å². The number of likely N-dealkylation sites (N-methyl/N-ethyl adjacent to an activating group) is 1. The van der Waals surface area contributed by atoms with Gasteiger partial charge in [0.05, 0.1) is 33.2 Å². The van der Waals surface area contributed by atoms with Crippen LogP contribution in [-0.2, 0) is 30.3 Å². The predicted octanol–water partition coefficient (Wildman–Crippen LogP) is 7.51. The normalized spacial score (nSPS) is 13.1. The number of methoxy groups -OCH3 is 1. The van der Waals surface area contributed by atoms with Crippen molar-refractivity contribution in [3.63, 3.8) is 0 Å². The van der Waals surface area contributed by atoms with Gasteiger partial charge in [0.2, 0.25) is 11.8 Å². The molecule has 50 heavy (non-hydrogen) atoms. The number of benzene rings is 3. The first kappa shape index (κ1) is 42.2. The predicted molar refractivity (Wildman–Crippen MR) is 210 cm³/mol. The molecule has 3 aromatic rings. The van der Waals surface area contributed by atoms with Crippen molar-refractivity contribution in [3.8, 4) is 17.2 Å². The third kappa shape index (κ3) is 10.6. The van der Waals surface area contributed by atoms with Gasteiger partial charge in [0, 0.05) is 13.5 Å². The zero-order chi connectivity index (χ0) is 37.8. The van der Waals surface area contributed by atoms with E-state index in [4.69, 9.17) is 32.7 Å². The number of nitrogens with one attached hydrogen (secondary N) is 2. The van der Waals surface area contributed by atoms with Crippen LogP contribution in [0.5, 0.6) is 17.2 Å². The molecule has 0 saturated heterocycles. The Hall–Kier alpha value is -2.26. The van der Waals surface area contributed by atoms with Crippen LogP contribution >= 0.6 is 100 Å². The van der Waals surface area contributed by atoms with Crippen molar-refractivity contribution in [2.24, 2.45) is 0 Å². The van der Waals surface area contributed by atoms with E-state index in [0.29, 0.717) is 21.6 Å². The number of amides is 3. The van der Waals surface area contributed by atoms with Gasteiger partial charge >= 0.3 is 12.1 Å². The highest BCUT2D eigenvalue weighted by atomic mass is 127. The Labute approximate surface area is 342 Å². The smallest absolute Gasteiger partial charge is 0.408 e. The summed E-state index contributed by atoms with van der Waals surface area (Å²) in [5, 5.41) is 35.5. The van der Waals surface area contributed by atoms with Crippen molar-refractivity contribution in [1.29, 1.82) is 0 Å². The molecule has 0 heterocycles. The molecule has 3 rings (SSSR count). The number of halogens is 6. The lowest BCUT2D eigenvalue weighted by molar-refractivity contribution is -0.152. The molecule has 0 bridgehead atoms. The monoisotopic (exact) mass is 1080 g/mol. The number of hydrogen-bond acceptors (Lipinski definition) is 9. The second-order valence-corrected chi connectivity index (χ2v) is 16.6. The van der Waals surface area contributed by atoms with Crippen LogP contribution in [-0.4, -0.2) is 69.9 Å². The lowest BCUT2D eigenvalue weighted by Gasteiger charge is -2.31. The van der Waals surface area contributed by atoms with Gasteiger partial charge in [0.25, 0.3) is 0 Å². The van der Waals surface area contributed by atoms with Crippen molar-refractivity contribution < 1.29 is 44.0 Å². The van der Waals surface area contributed by atoms with Crippen LogP contribution in [0, 0.1) is 7.14 Å². The van der Waals surface area contributed by atoms with Crippen molar-refractivity contribution >= 4 is 124 Å². The lowest BCUT2D eigenvalue weighted by atomic mass is 10.00. The number of rotatable bonds is 10. The number of ether oxygens (including phenoxy) is 2. The molecule has 0 spiro atoms. The van der Waals surface area contributed by atoms with Crippen LogP contribution in [0.25, 0.3) is 0 Å². The number of phenolic OH excluding ortho intramolecular Hbond substituents is 3. The molecule has 12 nitrogen and oxygen atoms in total. The number of phenols is 3. The number of nitrogens with zero attached hydrogens (tertiary/aromatic N) is 1. The van der Waals surface area contributed by atoms with E-state index in [-0.39, 0.29) is 39.1 Å². The standard InChI is InChI=1S/C32H31Br2Cl2I2N3O9/c1-32(2,3)50-31(48)40-23(15-11-20(37)27(44)21(38)12-15)28(45)39-24(14-9-18(35)26(43)19(36)10-14)29(46)41(4)22(30(47)49-5)8-13-6-16(33)25(42)17(34)7-13/h6-7,9-12,22-24,42-44H,8H2,1-5H3,(H,39,45)(H,40,48)/t22-,23+,24+/m0/s1. The van der Waals surface area contributed by atoms with Crippen molar-refractivity contribution in [1.82, 2.24) is 15.5 Å². The van der Waals surface area contributed by atoms with Gasteiger partial charge in [-0.1, -0.05) is 23.2 Å². The summed E-state index contributed by atoms with van der Waals surface area (Å²) in [5.41, 5.74) is -0.106. The number of hydrogen-bond donors (Lipinski definition) is 5. The Kier molecular flexibility index (Phi) is 14.8. The largest absolute Gasteiger partial charge is 0.506 e. The average molecular weight is 1090 g/mol. The molecule has 0 unspecified atom stereocenters. The van der Waals surface area contributed by atoms with E-state index in [1.807, 2.05) is 45.2 Å². The van der Waals surface area contributed by atoms with E-state index in [2.05, 4.69) is 42.5 Å². The molecule has 18 heteroatoms. The first-order valence-corrected chi connectivity index (χ1v) is 18.8. The Morgan fingerprint density at radius 3 is 1.82 bits per heavy atom. The van der Waals surface area contributed by atoms with Gasteiger partial charge in [-0.15, -0.1) is 0 Å². The Morgan fingerprint density at radius 2 is 1.34 bits per heavy atom. The molecule has 0 aliphatic heterocycles. The zero-order valence-corrected chi connectivity index (χ0v) is 35.9. The summed E-state index contributed by atoms with van der Waals surface area (Å²) < 4.78 is 11.8. The molecule has 0 aliphatic rings. The number of alkyl carbamates (subject to hydrolysis) is 1. The molecule has 0 aromatic heterocycles. The van der Waals surface area contributed by atoms with Crippen LogP contribution in [0.3, 0.4) is 0 Å². The van der Waals surface area contributed by atoms with Crippen LogP contribution in [0.2, 0.25) is 10.0 Å². The molecule has 0 aliphatic carbocycles. The van der Waals surface area contributed by atoms with E-state index in [1.54, 1.807) is 32.9 Å². The molecule has 270 valence electrons. The fraction of sp³-hybridized carbons (Fsp3) is 0.312. The quantitative estimate of drug-likeness (QED) is 0.102. The molecule has 3 amide bonds. The van der Waals surface area contributed by atoms with Crippen LogP contribution in [0.4, 0.5) is 4.79 Å².